The molecule has 0 aromatic carbocycles. The number of fused-ring (bicyclic) bond motifs is 1. The van der Waals surface area contributed by atoms with Gasteiger partial charge in [0.25, 0.3) is 0 Å². The molecule has 1 aliphatic heterocycles. The van der Waals surface area contributed by atoms with Crippen molar-refractivity contribution >= 4 is 23.5 Å². The number of allylic oxidation sites excluding steroid dienone is 4. The summed E-state index contributed by atoms with van der Waals surface area (Å²) in [6.45, 7) is 4.54. The molecular weight excluding hydrogens is 260 g/mol. The summed E-state index contributed by atoms with van der Waals surface area (Å²) in [5, 5.41) is 0. The number of hydrogen-bond donors (Lipinski definition) is 0. The zero-order valence-corrected chi connectivity index (χ0v) is 12.5. The van der Waals surface area contributed by atoms with Crippen LogP contribution in [0.5, 0.6) is 0 Å². The Labute approximate surface area is 118 Å². The molecule has 1 aliphatic carbocycles. The number of thioether (sulfide) groups is 1. The van der Waals surface area contributed by atoms with Gasteiger partial charge in [-0.25, -0.2) is 0 Å². The SMILES string of the molecule is COC(=O)CC(=O)C1=CC=C2SCC(C)(C)CC2C1. The first-order valence-corrected chi connectivity index (χ1v) is 7.53. The molecule has 0 spiro atoms. The van der Waals surface area contributed by atoms with Crippen molar-refractivity contribution in [2.75, 3.05) is 12.9 Å². The van der Waals surface area contributed by atoms with E-state index in [0.29, 0.717) is 11.3 Å². The predicted molar refractivity (Wildman–Crippen MR) is 76.8 cm³/mol. The van der Waals surface area contributed by atoms with E-state index in [9.17, 15) is 9.59 Å². The molecule has 1 heterocycles. The van der Waals surface area contributed by atoms with Crippen LogP contribution in [0.15, 0.2) is 22.6 Å². The fourth-order valence-electron chi connectivity index (χ4n) is 2.62. The molecule has 2 aliphatic rings. The maximum atomic E-state index is 12.0. The molecule has 1 unspecified atom stereocenters. The van der Waals surface area contributed by atoms with Gasteiger partial charge in [0.2, 0.25) is 0 Å². The summed E-state index contributed by atoms with van der Waals surface area (Å²) in [5.41, 5.74) is 1.08. The van der Waals surface area contributed by atoms with E-state index in [1.165, 1.54) is 12.0 Å². The van der Waals surface area contributed by atoms with E-state index in [4.69, 9.17) is 0 Å². The third-order valence-electron chi connectivity index (χ3n) is 3.64. The Morgan fingerprint density at radius 3 is 2.84 bits per heavy atom. The van der Waals surface area contributed by atoms with Gasteiger partial charge in [0.1, 0.15) is 6.42 Å². The van der Waals surface area contributed by atoms with Crippen LogP contribution < -0.4 is 0 Å². The normalized spacial score (nSPS) is 24.9. The molecule has 1 saturated heterocycles. The first-order valence-electron chi connectivity index (χ1n) is 6.55. The Bertz CT molecular complexity index is 460. The first kappa shape index (κ1) is 14.4. The molecule has 0 bridgehead atoms. The van der Waals surface area contributed by atoms with Crippen LogP contribution in [0.4, 0.5) is 0 Å². The highest BCUT2D eigenvalue weighted by Crippen LogP contribution is 2.47. The molecular formula is C15H20O3S. The van der Waals surface area contributed by atoms with Crippen molar-refractivity contribution in [1.82, 2.24) is 0 Å². The number of methoxy groups -OCH3 is 1. The molecule has 1 atom stereocenters. The summed E-state index contributed by atoms with van der Waals surface area (Å²) in [7, 11) is 1.31. The Kier molecular flexibility index (Phi) is 4.19. The highest BCUT2D eigenvalue weighted by atomic mass is 32.2. The fraction of sp³-hybridized carbons (Fsp3) is 0.600. The summed E-state index contributed by atoms with van der Waals surface area (Å²) in [6.07, 6.45) is 5.66. The molecule has 2 rings (SSSR count). The van der Waals surface area contributed by atoms with Crippen LogP contribution in [-0.2, 0) is 14.3 Å². The molecule has 19 heavy (non-hydrogen) atoms. The number of Topliss-reactive ketones (excluding diaryl/α,β-unsaturated/α-hetero) is 1. The second kappa shape index (κ2) is 5.53. The van der Waals surface area contributed by atoms with E-state index in [1.54, 1.807) is 0 Å². The second-order valence-corrected chi connectivity index (χ2v) is 7.04. The molecule has 0 N–H and O–H groups in total. The van der Waals surface area contributed by atoms with E-state index in [0.717, 1.165) is 24.2 Å². The molecule has 3 nitrogen and oxygen atoms in total. The summed E-state index contributed by atoms with van der Waals surface area (Å²) in [4.78, 5) is 24.5. The number of hydrogen-bond acceptors (Lipinski definition) is 4. The minimum Gasteiger partial charge on any atom is -0.469 e. The second-order valence-electron chi connectivity index (χ2n) is 6.00. The van der Waals surface area contributed by atoms with Crippen LogP contribution in [0.3, 0.4) is 0 Å². The lowest BCUT2D eigenvalue weighted by Crippen LogP contribution is -2.28. The number of ketones is 1. The Balaban J connectivity index is 2.06. The van der Waals surface area contributed by atoms with Gasteiger partial charge in [-0.15, -0.1) is 11.8 Å². The van der Waals surface area contributed by atoms with Gasteiger partial charge in [0, 0.05) is 5.75 Å². The zero-order chi connectivity index (χ0) is 14.0. The van der Waals surface area contributed by atoms with E-state index in [-0.39, 0.29) is 12.2 Å². The maximum absolute atomic E-state index is 12.0. The summed E-state index contributed by atoms with van der Waals surface area (Å²) in [5.74, 6) is 1.01. The van der Waals surface area contributed by atoms with Gasteiger partial charge in [-0.3, -0.25) is 9.59 Å². The van der Waals surface area contributed by atoms with E-state index in [1.807, 2.05) is 17.8 Å². The summed E-state index contributed by atoms with van der Waals surface area (Å²) in [6, 6.07) is 0. The summed E-state index contributed by atoms with van der Waals surface area (Å²) >= 11 is 1.90. The molecule has 0 saturated carbocycles. The average molecular weight is 280 g/mol. The van der Waals surface area contributed by atoms with Crippen LogP contribution >= 0.6 is 11.8 Å². The average Bonchev–Trinajstić information content (AvgIpc) is 2.36. The van der Waals surface area contributed by atoms with Crippen LogP contribution in [0.1, 0.15) is 33.1 Å². The van der Waals surface area contributed by atoms with Crippen molar-refractivity contribution in [3.8, 4) is 0 Å². The molecule has 0 amide bonds. The van der Waals surface area contributed by atoms with Gasteiger partial charge in [0.05, 0.1) is 7.11 Å². The van der Waals surface area contributed by atoms with Crippen LogP contribution in [0.25, 0.3) is 0 Å². The summed E-state index contributed by atoms with van der Waals surface area (Å²) < 4.78 is 4.54. The maximum Gasteiger partial charge on any atom is 0.313 e. The van der Waals surface area contributed by atoms with E-state index >= 15 is 0 Å². The van der Waals surface area contributed by atoms with Crippen molar-refractivity contribution in [2.24, 2.45) is 11.3 Å². The topological polar surface area (TPSA) is 43.4 Å². The number of esters is 1. The Morgan fingerprint density at radius 1 is 1.42 bits per heavy atom. The number of rotatable bonds is 3. The third kappa shape index (κ3) is 3.50. The van der Waals surface area contributed by atoms with Gasteiger partial charge >= 0.3 is 5.97 Å². The minimum absolute atomic E-state index is 0.101. The van der Waals surface area contributed by atoms with Gasteiger partial charge in [-0.05, 0) is 34.7 Å². The smallest absolute Gasteiger partial charge is 0.313 e. The molecule has 0 radical (unpaired) electrons. The van der Waals surface area contributed by atoms with Gasteiger partial charge in [-0.1, -0.05) is 26.0 Å². The fourth-order valence-corrected chi connectivity index (χ4v) is 3.86. The Morgan fingerprint density at radius 2 is 2.16 bits per heavy atom. The van der Waals surface area contributed by atoms with Gasteiger partial charge in [-0.2, -0.15) is 0 Å². The van der Waals surface area contributed by atoms with Gasteiger partial charge in [0.15, 0.2) is 5.78 Å². The Hall–Kier alpha value is -1.03. The predicted octanol–water partition coefficient (Wildman–Crippen LogP) is 3.11. The lowest BCUT2D eigenvalue weighted by atomic mass is 9.78. The van der Waals surface area contributed by atoms with Crippen molar-refractivity contribution in [1.29, 1.82) is 0 Å². The van der Waals surface area contributed by atoms with Crippen molar-refractivity contribution < 1.29 is 14.3 Å². The van der Waals surface area contributed by atoms with Crippen molar-refractivity contribution in [2.45, 2.75) is 33.1 Å². The van der Waals surface area contributed by atoms with Crippen molar-refractivity contribution in [3.05, 3.63) is 22.6 Å². The molecule has 104 valence electrons. The molecule has 0 aromatic rings. The largest absolute Gasteiger partial charge is 0.469 e. The minimum atomic E-state index is -0.459. The van der Waals surface area contributed by atoms with Crippen LogP contribution in [-0.4, -0.2) is 24.6 Å². The molecule has 4 heteroatoms. The van der Waals surface area contributed by atoms with E-state index in [2.05, 4.69) is 24.7 Å². The number of carbonyl (C=O) groups excluding carboxylic acids is 2. The quantitative estimate of drug-likeness (QED) is 0.588. The standard InChI is InChI=1S/C15H20O3S/c1-15(2)8-11-6-10(4-5-13(11)19-9-15)12(16)7-14(17)18-3/h4-5,11H,6-9H2,1-3H3. The van der Waals surface area contributed by atoms with Crippen LogP contribution in [0, 0.1) is 11.3 Å². The zero-order valence-electron chi connectivity index (χ0n) is 11.7. The molecule has 0 aromatic heterocycles. The lowest BCUT2D eigenvalue weighted by Gasteiger charge is -2.38. The monoisotopic (exact) mass is 280 g/mol. The highest BCUT2D eigenvalue weighted by molar-refractivity contribution is 8.03. The van der Waals surface area contributed by atoms with Crippen LogP contribution in [0.2, 0.25) is 0 Å². The highest BCUT2D eigenvalue weighted by Gasteiger charge is 2.34. The van der Waals surface area contributed by atoms with Crippen molar-refractivity contribution in [3.63, 3.8) is 0 Å². The number of carbonyl (C=O) groups is 2. The number of ether oxygens (including phenoxy) is 1. The van der Waals surface area contributed by atoms with E-state index < -0.39 is 5.97 Å². The molecule has 1 fully saturated rings. The van der Waals surface area contributed by atoms with Gasteiger partial charge < -0.3 is 4.74 Å². The third-order valence-corrected chi connectivity index (χ3v) is 5.37. The first-order chi connectivity index (χ1) is 8.91. The lowest BCUT2D eigenvalue weighted by molar-refractivity contribution is -0.142.